The van der Waals surface area contributed by atoms with Crippen molar-refractivity contribution >= 4 is 6.09 Å². The first-order valence-electron chi connectivity index (χ1n) is 11.3. The van der Waals surface area contributed by atoms with Crippen LogP contribution in [0.4, 0.5) is 4.79 Å². The number of hydrogen-bond donors (Lipinski definition) is 1. The Morgan fingerprint density at radius 3 is 2.33 bits per heavy atom. The van der Waals surface area contributed by atoms with Crippen LogP contribution in [-0.4, -0.2) is 68.3 Å². The van der Waals surface area contributed by atoms with Gasteiger partial charge in [0, 0.05) is 0 Å². The van der Waals surface area contributed by atoms with E-state index in [1.807, 2.05) is 0 Å². The van der Waals surface area contributed by atoms with Gasteiger partial charge < -0.3 is 0 Å². The van der Waals surface area contributed by atoms with Crippen LogP contribution in [0.1, 0.15) is 23.5 Å². The molecule has 0 aromatic heterocycles. The van der Waals surface area contributed by atoms with E-state index in [9.17, 15) is 9.90 Å². The molecule has 0 saturated carbocycles. The first-order chi connectivity index (χ1) is 16.2. The van der Waals surface area contributed by atoms with Crippen LogP contribution in [0.15, 0.2) is 48.5 Å². The van der Waals surface area contributed by atoms with Gasteiger partial charge in [-0.25, -0.2) is 0 Å². The molecule has 33 heavy (non-hydrogen) atoms. The summed E-state index contributed by atoms with van der Waals surface area (Å²) in [6.07, 6.45) is 0.387. The second-order valence-electron chi connectivity index (χ2n) is 9.05. The number of carbonyl (C=O) groups excluding carboxylic acids is 1. The zero-order valence-electron chi connectivity index (χ0n) is 18.3. The van der Waals surface area contributed by atoms with Gasteiger partial charge in [0.15, 0.2) is 0 Å². The van der Waals surface area contributed by atoms with E-state index >= 15 is 0 Å². The van der Waals surface area contributed by atoms with E-state index in [2.05, 4.69) is 48.5 Å². The molecule has 2 aromatic rings. The number of nitrogens with zero attached hydrogens (tertiary/aromatic N) is 1. The van der Waals surface area contributed by atoms with Gasteiger partial charge in [-0.05, 0) is 0 Å². The summed E-state index contributed by atoms with van der Waals surface area (Å²) in [6.45, 7) is 3.09. The van der Waals surface area contributed by atoms with Gasteiger partial charge in [-0.3, -0.25) is 0 Å². The first kappa shape index (κ1) is 20.9. The number of fused-ring (bicyclic) bond motifs is 3. The Bertz CT molecular complexity index is 1090. The number of aliphatic hydroxyl groups excluding tert-OH is 1. The molecule has 0 bridgehead atoms. The Morgan fingerprint density at radius 1 is 1.09 bits per heavy atom. The Balaban J connectivity index is 1.03. The molecule has 6 aliphatic rings. The number of aliphatic hydroxyl groups is 1. The van der Waals surface area contributed by atoms with Gasteiger partial charge in [0.05, 0.1) is 0 Å². The third-order valence-electron chi connectivity index (χ3n) is 7.25. The molecule has 5 aliphatic heterocycles. The maximum absolute atomic E-state index is 13.0. The van der Waals surface area contributed by atoms with Gasteiger partial charge >= 0.3 is 201 Å². The zero-order valence-corrected chi connectivity index (χ0v) is 20.4. The predicted octanol–water partition coefficient (Wildman–Crippen LogP) is 3.46. The number of likely N-dealkylation sites (tertiary alicyclic amines) is 1. The second-order valence-corrected chi connectivity index (χ2v) is 17.2. The van der Waals surface area contributed by atoms with Crippen molar-refractivity contribution in [3.8, 4) is 11.1 Å². The van der Waals surface area contributed by atoms with E-state index in [1.165, 1.54) is 22.3 Å². The number of methoxy groups -OCH3 is 1. The molecule has 1 amide bonds. The summed E-state index contributed by atoms with van der Waals surface area (Å²) in [7, 11) is 1.78. The van der Waals surface area contributed by atoms with Crippen molar-refractivity contribution in [2.45, 2.75) is 24.5 Å². The van der Waals surface area contributed by atoms with Gasteiger partial charge in [-0.15, -0.1) is 0 Å². The number of ether oxygens (including phenoxy) is 3. The summed E-state index contributed by atoms with van der Waals surface area (Å²) < 4.78 is 18.5. The van der Waals surface area contributed by atoms with Crippen LogP contribution in [0.3, 0.4) is 0 Å². The molecule has 6 nitrogen and oxygen atoms in total. The molecule has 180 valence electrons. The van der Waals surface area contributed by atoms with E-state index in [0.717, 1.165) is 6.61 Å². The Kier molecular flexibility index (Phi) is 4.48. The molecule has 0 unspecified atom stereocenters. The SMILES string of the molecule is COC[C]12[Co]3[Co]1[C]32C1(OCCCO)CN(C(=O)OCC2c3ccccc3-c3ccccc32)C1. The fraction of sp³-hybridized carbons (Fsp3) is 0.480. The van der Waals surface area contributed by atoms with E-state index in [4.69, 9.17) is 14.2 Å². The van der Waals surface area contributed by atoms with E-state index < -0.39 is 0 Å². The summed E-state index contributed by atoms with van der Waals surface area (Å²) in [5.41, 5.74) is 4.69. The van der Waals surface area contributed by atoms with E-state index in [1.54, 1.807) is 12.0 Å². The van der Waals surface area contributed by atoms with Crippen LogP contribution in [0.2, 0.25) is 6.57 Å². The standard InChI is InChI=1S/C25H27NO5.2Co/c1-29-14-6-12-25(31-15-7-13-27)17-26(18-25)24(28)30-16-23-21-10-4-2-8-19(21)20-9-3-5-11-22(20)23;;/h2-5,8-11,23,27H,7,13-18H2,1H3;;. The van der Waals surface area contributed by atoms with Gasteiger partial charge in [0.2, 0.25) is 0 Å². The summed E-state index contributed by atoms with van der Waals surface area (Å²) in [4.78, 5) is 14.8. The summed E-state index contributed by atoms with van der Waals surface area (Å²) in [5, 5.41) is 9.20. The minimum atomic E-state index is -0.247. The van der Waals surface area contributed by atoms with E-state index in [-0.39, 0.29) is 48.0 Å². The Morgan fingerprint density at radius 2 is 1.73 bits per heavy atom. The van der Waals surface area contributed by atoms with Gasteiger partial charge in [0.1, 0.15) is 0 Å². The van der Waals surface area contributed by atoms with Crippen molar-refractivity contribution in [2.24, 2.45) is 0 Å². The molecule has 1 N–H and O–H groups in total. The molecular formula is C25H27Co2NO5. The molecule has 5 fully saturated rings. The molecule has 1 aliphatic carbocycles. The Hall–Kier alpha value is -1.40. The number of amides is 1. The van der Waals surface area contributed by atoms with Crippen LogP contribution in [0, 0.1) is 0 Å². The first-order valence-corrected chi connectivity index (χ1v) is 15.1. The van der Waals surface area contributed by atoms with E-state index in [0.29, 0.717) is 39.3 Å². The van der Waals surface area contributed by atoms with Crippen molar-refractivity contribution in [3.63, 3.8) is 0 Å². The molecule has 8 heteroatoms. The van der Waals surface area contributed by atoms with Crippen LogP contribution in [-0.2, 0) is 38.0 Å². The summed E-state index contributed by atoms with van der Waals surface area (Å²) >= 11 is 0.251. The zero-order chi connectivity index (χ0) is 22.4. The fourth-order valence-corrected chi connectivity index (χ4v) is 20.5. The fourth-order valence-electron chi connectivity index (χ4n) is 5.59. The summed E-state index contributed by atoms with van der Waals surface area (Å²) in [6, 6.07) is 16.8. The van der Waals surface area contributed by atoms with Crippen LogP contribution < -0.4 is 0 Å². The average Bonchev–Trinajstić information content (AvgIpc) is 3.75. The van der Waals surface area contributed by atoms with Crippen molar-refractivity contribution in [3.05, 3.63) is 59.7 Å². The summed E-state index contributed by atoms with van der Waals surface area (Å²) in [5.74, 6) is 0.0732. The van der Waals surface area contributed by atoms with Gasteiger partial charge in [0.25, 0.3) is 0 Å². The molecule has 0 radical (unpaired) electrons. The molecule has 0 spiro atoms. The number of carbonyl (C=O) groups is 1. The Labute approximate surface area is 200 Å². The molecular weight excluding hydrogens is 512 g/mol. The maximum atomic E-state index is 13.0. The minimum absolute atomic E-state index is 0.0732. The van der Waals surface area contributed by atoms with Crippen molar-refractivity contribution in [2.75, 3.05) is 46.6 Å². The van der Waals surface area contributed by atoms with Gasteiger partial charge in [-0.2, -0.15) is 0 Å². The number of benzene rings is 2. The second kappa shape index (κ2) is 7.07. The topological polar surface area (TPSA) is 68.2 Å². The van der Waals surface area contributed by atoms with Crippen molar-refractivity contribution < 1.29 is 47.9 Å². The quantitative estimate of drug-likeness (QED) is 0.495. The van der Waals surface area contributed by atoms with Crippen molar-refractivity contribution in [1.29, 1.82) is 0 Å². The molecule has 8 rings (SSSR count). The average molecular weight is 539 g/mol. The molecule has 5 saturated heterocycles. The monoisotopic (exact) mass is 539 g/mol. The molecule has 5 heterocycles. The number of hydrogen-bond acceptors (Lipinski definition) is 5. The normalized spacial score (nSPS) is 30.8. The third kappa shape index (κ3) is 2.52. The third-order valence-corrected chi connectivity index (χ3v) is 19.5. The van der Waals surface area contributed by atoms with Crippen LogP contribution in [0.5, 0.6) is 0 Å². The van der Waals surface area contributed by atoms with Gasteiger partial charge in [-0.1, -0.05) is 0 Å². The van der Waals surface area contributed by atoms with Crippen molar-refractivity contribution in [1.82, 2.24) is 4.90 Å². The van der Waals surface area contributed by atoms with Crippen LogP contribution in [0.25, 0.3) is 11.1 Å². The van der Waals surface area contributed by atoms with Crippen LogP contribution >= 0.6 is 0 Å². The number of rotatable bonds is 9. The molecule has 0 atom stereocenters. The predicted molar refractivity (Wildman–Crippen MR) is 114 cm³/mol. The molecule has 2 aromatic carbocycles.